The first-order chi connectivity index (χ1) is 17.1. The van der Waals surface area contributed by atoms with Crippen molar-refractivity contribution >= 4 is 24.0 Å². The molecule has 3 aromatic carbocycles. The lowest BCUT2D eigenvalue weighted by atomic mass is 9.84. The largest absolute Gasteiger partial charge is 0.416 e. The highest BCUT2D eigenvalue weighted by molar-refractivity contribution is 7.72. The molecule has 3 aromatic rings. The van der Waals surface area contributed by atoms with Crippen LogP contribution in [0.2, 0.25) is 0 Å². The fourth-order valence-electron chi connectivity index (χ4n) is 4.60. The molecule has 1 aliphatic heterocycles. The van der Waals surface area contributed by atoms with Crippen molar-refractivity contribution in [3.8, 4) is 0 Å². The first kappa shape index (κ1) is 26.2. The van der Waals surface area contributed by atoms with Crippen molar-refractivity contribution in [2.75, 3.05) is 18.6 Å². The maximum absolute atomic E-state index is 13.5. The van der Waals surface area contributed by atoms with Crippen molar-refractivity contribution in [1.29, 1.82) is 0 Å². The maximum atomic E-state index is 13.5. The smallest absolute Gasteiger partial charge is 0.347 e. The Morgan fingerprint density at radius 2 is 1.67 bits per heavy atom. The quantitative estimate of drug-likeness (QED) is 0.233. The van der Waals surface area contributed by atoms with Gasteiger partial charge in [-0.15, -0.1) is 0 Å². The van der Waals surface area contributed by atoms with Crippen molar-refractivity contribution in [3.63, 3.8) is 0 Å². The molecule has 190 valence electrons. The lowest BCUT2D eigenvalue weighted by Gasteiger charge is -2.29. The van der Waals surface area contributed by atoms with E-state index in [1.54, 1.807) is 6.07 Å². The predicted molar refractivity (Wildman–Crippen MR) is 143 cm³/mol. The minimum atomic E-state index is -4.45. The number of para-hydroxylation sites is 1. The van der Waals surface area contributed by atoms with Gasteiger partial charge < -0.3 is 9.42 Å². The molecule has 0 bridgehead atoms. The van der Waals surface area contributed by atoms with Gasteiger partial charge in [0.1, 0.15) is 7.28 Å². The van der Waals surface area contributed by atoms with Crippen LogP contribution in [-0.4, -0.2) is 13.7 Å². The van der Waals surface area contributed by atoms with Gasteiger partial charge in [-0.1, -0.05) is 81.8 Å². The first-order valence-electron chi connectivity index (χ1n) is 12.1. The number of likely N-dealkylation sites (N-methyl/N-ethyl adjacent to an activating group) is 1. The molecule has 0 saturated carbocycles. The van der Waals surface area contributed by atoms with Crippen LogP contribution in [0.25, 0.3) is 0 Å². The highest BCUT2D eigenvalue weighted by atomic mass is 31.2. The number of allylic oxidation sites excluding steroid dienone is 1. The van der Waals surface area contributed by atoms with Gasteiger partial charge in [0.25, 0.3) is 0 Å². The van der Waals surface area contributed by atoms with Crippen molar-refractivity contribution in [1.82, 2.24) is 0 Å². The Kier molecular flexibility index (Phi) is 7.49. The number of rotatable bonds is 7. The van der Waals surface area contributed by atoms with Crippen molar-refractivity contribution in [2.24, 2.45) is 4.74 Å². The van der Waals surface area contributed by atoms with E-state index >= 15 is 0 Å². The molecule has 1 atom stereocenters. The van der Waals surface area contributed by atoms with Crippen LogP contribution in [0.5, 0.6) is 0 Å². The van der Waals surface area contributed by atoms with Gasteiger partial charge in [-0.2, -0.15) is 13.2 Å². The van der Waals surface area contributed by atoms with Crippen molar-refractivity contribution < 1.29 is 17.7 Å². The number of hydrogen-bond donors (Lipinski definition) is 0. The number of halogens is 3. The molecule has 7 heteroatoms. The van der Waals surface area contributed by atoms with Crippen LogP contribution >= 0.6 is 7.28 Å². The molecule has 0 saturated heterocycles. The molecule has 36 heavy (non-hydrogen) atoms. The Hall–Kier alpha value is -2.82. The average molecular weight is 513 g/mol. The second kappa shape index (κ2) is 10.3. The van der Waals surface area contributed by atoms with E-state index in [9.17, 15) is 13.2 Å². The minimum Gasteiger partial charge on any atom is -0.347 e. The SMILES string of the molecule is CCCCOP(/C=C1/N(C)c2ccccc2C1(C)C)(=Nc1cccc(C(F)(F)F)c1)c1ccccc1. The minimum absolute atomic E-state index is 0.256. The first-order valence-corrected chi connectivity index (χ1v) is 13.9. The van der Waals surface area contributed by atoms with Crippen LogP contribution in [-0.2, 0) is 16.1 Å². The Labute approximate surface area is 211 Å². The summed E-state index contributed by atoms with van der Waals surface area (Å²) < 4.78 is 52.2. The summed E-state index contributed by atoms with van der Waals surface area (Å²) in [6, 6.07) is 23.1. The van der Waals surface area contributed by atoms with Gasteiger partial charge in [0, 0.05) is 35.0 Å². The van der Waals surface area contributed by atoms with E-state index in [0.29, 0.717) is 6.61 Å². The van der Waals surface area contributed by atoms with Gasteiger partial charge in [-0.05, 0) is 36.2 Å². The molecule has 0 fully saturated rings. The molecular weight excluding hydrogens is 480 g/mol. The summed E-state index contributed by atoms with van der Waals surface area (Å²) in [7, 11) is -0.890. The van der Waals surface area contributed by atoms with E-state index < -0.39 is 19.0 Å². The second-order valence-electron chi connectivity index (χ2n) is 9.51. The third-order valence-corrected chi connectivity index (χ3v) is 9.32. The van der Waals surface area contributed by atoms with Crippen LogP contribution < -0.4 is 10.2 Å². The number of benzene rings is 3. The van der Waals surface area contributed by atoms with Crippen LogP contribution in [0.15, 0.2) is 95.1 Å². The predicted octanol–water partition coefficient (Wildman–Crippen LogP) is 8.86. The van der Waals surface area contributed by atoms with Gasteiger partial charge in [0.05, 0.1) is 17.9 Å². The van der Waals surface area contributed by atoms with Crippen molar-refractivity contribution in [2.45, 2.75) is 45.2 Å². The van der Waals surface area contributed by atoms with Gasteiger partial charge >= 0.3 is 6.18 Å². The molecule has 0 spiro atoms. The zero-order chi connectivity index (χ0) is 26.0. The van der Waals surface area contributed by atoms with Crippen LogP contribution in [0.4, 0.5) is 24.5 Å². The number of hydrogen-bond acceptors (Lipinski definition) is 3. The molecule has 0 radical (unpaired) electrons. The highest BCUT2D eigenvalue weighted by Gasteiger charge is 2.40. The topological polar surface area (TPSA) is 24.8 Å². The third kappa shape index (κ3) is 5.16. The molecule has 0 N–H and O–H groups in total. The maximum Gasteiger partial charge on any atom is 0.416 e. The molecule has 4 rings (SSSR count). The molecule has 1 unspecified atom stereocenters. The molecule has 1 heterocycles. The summed E-state index contributed by atoms with van der Waals surface area (Å²) in [5, 5.41) is 0.867. The Morgan fingerprint density at radius 3 is 2.33 bits per heavy atom. The number of alkyl halides is 3. The van der Waals surface area contributed by atoms with Crippen molar-refractivity contribution in [3.05, 3.63) is 102 Å². The number of nitrogens with zero attached hydrogens (tertiary/aromatic N) is 2. The van der Waals surface area contributed by atoms with Gasteiger partial charge in [-0.25, -0.2) is 4.74 Å². The summed E-state index contributed by atoms with van der Waals surface area (Å²) in [4.78, 5) is 2.15. The van der Waals surface area contributed by atoms with Gasteiger partial charge in [-0.3, -0.25) is 0 Å². The highest BCUT2D eigenvalue weighted by Crippen LogP contribution is 2.58. The van der Waals surface area contributed by atoms with E-state index in [4.69, 9.17) is 9.27 Å². The fourth-order valence-corrected chi connectivity index (χ4v) is 7.51. The van der Waals surface area contributed by atoms with E-state index in [-0.39, 0.29) is 11.1 Å². The third-order valence-electron chi connectivity index (χ3n) is 6.59. The fraction of sp³-hybridized carbons (Fsp3) is 0.310. The zero-order valence-electron chi connectivity index (χ0n) is 21.1. The van der Waals surface area contributed by atoms with E-state index in [2.05, 4.69) is 43.6 Å². The summed E-state index contributed by atoms with van der Waals surface area (Å²) in [5.41, 5.74) is 2.52. The molecule has 3 nitrogen and oxygen atoms in total. The normalized spacial score (nSPS) is 17.6. The molecule has 0 aromatic heterocycles. The van der Waals surface area contributed by atoms with Crippen LogP contribution in [0, 0.1) is 0 Å². The molecule has 1 aliphatic rings. The van der Waals surface area contributed by atoms with E-state index in [1.165, 1.54) is 11.6 Å². The lowest BCUT2D eigenvalue weighted by molar-refractivity contribution is -0.137. The number of fused-ring (bicyclic) bond motifs is 1. The van der Waals surface area contributed by atoms with Crippen LogP contribution in [0.3, 0.4) is 0 Å². The molecule has 0 amide bonds. The van der Waals surface area contributed by atoms with E-state index in [0.717, 1.165) is 41.7 Å². The zero-order valence-corrected chi connectivity index (χ0v) is 22.0. The van der Waals surface area contributed by atoms with E-state index in [1.807, 2.05) is 49.5 Å². The number of unbranched alkanes of at least 4 members (excludes halogenated alkanes) is 1. The number of anilines is 1. The van der Waals surface area contributed by atoms with Gasteiger partial charge in [0.2, 0.25) is 0 Å². The lowest BCUT2D eigenvalue weighted by Crippen LogP contribution is -2.23. The monoisotopic (exact) mass is 512 g/mol. The standard InChI is InChI=1S/C29H32F3N2OP/c1-5-6-19-35-36(24-15-8-7-9-16-24,33-23-14-12-13-22(20-23)29(30,31)32)21-27-28(2,3)25-17-10-11-18-26(25)34(27)4/h7-18,20-21H,5-6,19H2,1-4H3/b27-21+. The Balaban J connectivity index is 1.99. The summed E-state index contributed by atoms with van der Waals surface area (Å²) in [6.07, 6.45) is -2.68. The van der Waals surface area contributed by atoms with Crippen LogP contribution in [0.1, 0.15) is 44.7 Å². The average Bonchev–Trinajstić information content (AvgIpc) is 3.05. The Bertz CT molecular complexity index is 1300. The summed E-state index contributed by atoms with van der Waals surface area (Å²) >= 11 is 0. The molecule has 0 aliphatic carbocycles. The summed E-state index contributed by atoms with van der Waals surface area (Å²) in [5.74, 6) is 2.10. The Morgan fingerprint density at radius 1 is 0.972 bits per heavy atom. The van der Waals surface area contributed by atoms with Gasteiger partial charge in [0.15, 0.2) is 0 Å². The molecular formula is C29H32F3N2OP. The second-order valence-corrected chi connectivity index (χ2v) is 12.0. The summed E-state index contributed by atoms with van der Waals surface area (Å²) in [6.45, 7) is 6.87.